The third-order valence-corrected chi connectivity index (χ3v) is 2.45. The second-order valence-corrected chi connectivity index (χ2v) is 3.96. The molecule has 0 aliphatic heterocycles. The number of nitrogens with two attached hydrogens (primary N) is 1. The van der Waals surface area contributed by atoms with Crippen LogP contribution >= 0.6 is 15.9 Å². The van der Waals surface area contributed by atoms with E-state index in [1.807, 2.05) is 24.3 Å². The molecule has 0 bridgehead atoms. The first-order valence-corrected chi connectivity index (χ1v) is 5.07. The standard InChI is InChI=1S/C10H8BrN3O/c11-7-3-1-2-6(4-7)9-5-8(12)10(15)14-13-9/h1-5H,(H2,12,13)(H,14,15). The molecular weight excluding hydrogens is 258 g/mol. The predicted molar refractivity (Wildman–Crippen MR) is 62.4 cm³/mol. The van der Waals surface area contributed by atoms with Gasteiger partial charge < -0.3 is 5.73 Å². The smallest absolute Gasteiger partial charge is 0.287 e. The highest BCUT2D eigenvalue weighted by atomic mass is 79.9. The molecule has 0 saturated heterocycles. The molecule has 1 aromatic heterocycles. The number of rotatable bonds is 1. The molecule has 2 rings (SSSR count). The Morgan fingerprint density at radius 2 is 2.13 bits per heavy atom. The Hall–Kier alpha value is -1.62. The maximum atomic E-state index is 11.0. The molecule has 1 aromatic carbocycles. The van der Waals surface area contributed by atoms with Crippen LogP contribution in [0.4, 0.5) is 5.69 Å². The third-order valence-electron chi connectivity index (χ3n) is 1.95. The number of halogens is 1. The van der Waals surface area contributed by atoms with E-state index in [0.717, 1.165) is 10.0 Å². The van der Waals surface area contributed by atoms with E-state index < -0.39 is 0 Å². The van der Waals surface area contributed by atoms with Gasteiger partial charge in [0, 0.05) is 10.0 Å². The van der Waals surface area contributed by atoms with Gasteiger partial charge in [0.25, 0.3) is 5.56 Å². The zero-order valence-electron chi connectivity index (χ0n) is 7.70. The van der Waals surface area contributed by atoms with Gasteiger partial charge >= 0.3 is 0 Å². The van der Waals surface area contributed by atoms with Crippen molar-refractivity contribution in [3.8, 4) is 11.3 Å². The van der Waals surface area contributed by atoms with Gasteiger partial charge in [-0.3, -0.25) is 4.79 Å². The van der Waals surface area contributed by atoms with Crippen molar-refractivity contribution in [2.45, 2.75) is 0 Å². The van der Waals surface area contributed by atoms with E-state index in [1.165, 1.54) is 0 Å². The molecule has 0 fully saturated rings. The zero-order valence-corrected chi connectivity index (χ0v) is 9.28. The SMILES string of the molecule is Nc1cc(-c2cccc(Br)c2)n[nH]c1=O. The van der Waals surface area contributed by atoms with Crippen LogP contribution in [-0.4, -0.2) is 10.2 Å². The van der Waals surface area contributed by atoms with Crippen LogP contribution in [0.15, 0.2) is 39.6 Å². The lowest BCUT2D eigenvalue weighted by molar-refractivity contribution is 1.000. The third kappa shape index (κ3) is 2.07. The Morgan fingerprint density at radius 3 is 2.80 bits per heavy atom. The number of nitrogens with zero attached hydrogens (tertiary/aromatic N) is 1. The summed E-state index contributed by atoms with van der Waals surface area (Å²) in [5, 5.41) is 6.25. The Bertz CT molecular complexity index is 550. The lowest BCUT2D eigenvalue weighted by Gasteiger charge is -2.01. The largest absolute Gasteiger partial charge is 0.394 e. The van der Waals surface area contributed by atoms with Gasteiger partial charge in [0.2, 0.25) is 0 Å². The summed E-state index contributed by atoms with van der Waals surface area (Å²) >= 11 is 3.36. The van der Waals surface area contributed by atoms with E-state index in [-0.39, 0.29) is 11.2 Å². The van der Waals surface area contributed by atoms with Gasteiger partial charge in [0.1, 0.15) is 5.69 Å². The normalized spacial score (nSPS) is 10.2. The summed E-state index contributed by atoms with van der Waals surface area (Å²) in [6.07, 6.45) is 0. The molecule has 0 radical (unpaired) electrons. The van der Waals surface area contributed by atoms with Crippen molar-refractivity contribution in [3.05, 3.63) is 45.2 Å². The number of H-pyrrole nitrogens is 1. The summed E-state index contributed by atoms with van der Waals surface area (Å²) in [5.41, 5.74) is 6.84. The molecule has 4 nitrogen and oxygen atoms in total. The molecule has 5 heteroatoms. The van der Waals surface area contributed by atoms with E-state index in [4.69, 9.17) is 5.73 Å². The molecule has 0 unspecified atom stereocenters. The monoisotopic (exact) mass is 265 g/mol. The summed E-state index contributed by atoms with van der Waals surface area (Å²) < 4.78 is 0.951. The fraction of sp³-hybridized carbons (Fsp3) is 0. The second-order valence-electron chi connectivity index (χ2n) is 3.05. The van der Waals surface area contributed by atoms with Crippen LogP contribution in [0.3, 0.4) is 0 Å². The van der Waals surface area contributed by atoms with Crippen LogP contribution < -0.4 is 11.3 Å². The first-order chi connectivity index (χ1) is 7.16. The first-order valence-electron chi connectivity index (χ1n) is 4.28. The number of aromatic nitrogens is 2. The van der Waals surface area contributed by atoms with E-state index >= 15 is 0 Å². The number of benzene rings is 1. The molecule has 2 aromatic rings. The number of nitrogen functional groups attached to an aromatic ring is 1. The highest BCUT2D eigenvalue weighted by Crippen LogP contribution is 2.20. The molecule has 0 saturated carbocycles. The molecule has 0 spiro atoms. The Labute approximate surface area is 94.3 Å². The average molecular weight is 266 g/mol. The van der Waals surface area contributed by atoms with Crippen molar-refractivity contribution in [2.24, 2.45) is 0 Å². The van der Waals surface area contributed by atoms with Crippen LogP contribution in [0.25, 0.3) is 11.3 Å². The van der Waals surface area contributed by atoms with Crippen molar-refractivity contribution in [3.63, 3.8) is 0 Å². The van der Waals surface area contributed by atoms with Crippen LogP contribution in [0.5, 0.6) is 0 Å². The number of nitrogens with one attached hydrogen (secondary N) is 1. The lowest BCUT2D eigenvalue weighted by Crippen LogP contribution is -2.13. The van der Waals surface area contributed by atoms with E-state index in [0.29, 0.717) is 5.69 Å². The minimum absolute atomic E-state index is 0.167. The molecule has 0 atom stereocenters. The molecule has 76 valence electrons. The number of aromatic amines is 1. The maximum absolute atomic E-state index is 11.0. The van der Waals surface area contributed by atoms with Gasteiger partial charge in [-0.1, -0.05) is 28.1 Å². The fourth-order valence-corrected chi connectivity index (χ4v) is 1.62. The van der Waals surface area contributed by atoms with Crippen molar-refractivity contribution >= 4 is 21.6 Å². The Balaban J connectivity index is 2.55. The zero-order chi connectivity index (χ0) is 10.8. The second kappa shape index (κ2) is 3.86. The van der Waals surface area contributed by atoms with Gasteiger partial charge in [0.15, 0.2) is 0 Å². The highest BCUT2D eigenvalue weighted by Gasteiger charge is 2.02. The number of hydrogen-bond donors (Lipinski definition) is 2. The molecule has 0 aliphatic carbocycles. The molecule has 15 heavy (non-hydrogen) atoms. The van der Waals surface area contributed by atoms with Crippen LogP contribution in [0.2, 0.25) is 0 Å². The predicted octanol–water partition coefficient (Wildman–Crippen LogP) is 1.78. The fourth-order valence-electron chi connectivity index (χ4n) is 1.22. The average Bonchev–Trinajstić information content (AvgIpc) is 2.22. The summed E-state index contributed by atoms with van der Waals surface area (Å²) in [7, 11) is 0. The van der Waals surface area contributed by atoms with Crippen LogP contribution in [-0.2, 0) is 0 Å². The quantitative estimate of drug-likeness (QED) is 0.826. The van der Waals surface area contributed by atoms with Gasteiger partial charge in [-0.15, -0.1) is 0 Å². The lowest BCUT2D eigenvalue weighted by atomic mass is 10.1. The summed E-state index contributed by atoms with van der Waals surface area (Å²) in [5.74, 6) is 0. The maximum Gasteiger partial charge on any atom is 0.287 e. The Morgan fingerprint density at radius 1 is 1.33 bits per heavy atom. The minimum atomic E-state index is -0.367. The van der Waals surface area contributed by atoms with Crippen molar-refractivity contribution < 1.29 is 0 Å². The van der Waals surface area contributed by atoms with Gasteiger partial charge in [-0.05, 0) is 18.2 Å². The minimum Gasteiger partial charge on any atom is -0.394 e. The number of anilines is 1. The van der Waals surface area contributed by atoms with Crippen molar-refractivity contribution in [1.29, 1.82) is 0 Å². The topological polar surface area (TPSA) is 71.8 Å². The van der Waals surface area contributed by atoms with Crippen molar-refractivity contribution in [1.82, 2.24) is 10.2 Å². The van der Waals surface area contributed by atoms with Gasteiger partial charge in [0.05, 0.1) is 5.69 Å². The van der Waals surface area contributed by atoms with Crippen molar-refractivity contribution in [2.75, 3.05) is 5.73 Å². The van der Waals surface area contributed by atoms with Crippen LogP contribution in [0.1, 0.15) is 0 Å². The molecule has 0 amide bonds. The van der Waals surface area contributed by atoms with Gasteiger partial charge in [-0.2, -0.15) is 5.10 Å². The summed E-state index contributed by atoms with van der Waals surface area (Å²) in [6, 6.07) is 9.16. The first kappa shape index (κ1) is 9.92. The number of hydrogen-bond acceptors (Lipinski definition) is 3. The molecular formula is C10H8BrN3O. The van der Waals surface area contributed by atoms with E-state index in [2.05, 4.69) is 26.1 Å². The molecule has 1 heterocycles. The highest BCUT2D eigenvalue weighted by molar-refractivity contribution is 9.10. The Kier molecular flexibility index (Phi) is 2.55. The summed E-state index contributed by atoms with van der Waals surface area (Å²) in [4.78, 5) is 11.0. The molecule has 0 aliphatic rings. The van der Waals surface area contributed by atoms with E-state index in [9.17, 15) is 4.79 Å². The summed E-state index contributed by atoms with van der Waals surface area (Å²) in [6.45, 7) is 0. The molecule has 3 N–H and O–H groups in total. The van der Waals surface area contributed by atoms with Crippen LogP contribution in [0, 0.1) is 0 Å². The van der Waals surface area contributed by atoms with Gasteiger partial charge in [-0.25, -0.2) is 5.10 Å². The van der Waals surface area contributed by atoms with E-state index in [1.54, 1.807) is 6.07 Å².